The smallest absolute Gasteiger partial charge is 0.193 e. The van der Waals surface area contributed by atoms with Gasteiger partial charge in [-0.3, -0.25) is 9.98 Å². The lowest BCUT2D eigenvalue weighted by Crippen LogP contribution is -2.39. The van der Waals surface area contributed by atoms with E-state index in [2.05, 4.69) is 40.7 Å². The molecule has 4 nitrogen and oxygen atoms in total. The zero-order valence-electron chi connectivity index (χ0n) is 13.1. The zero-order chi connectivity index (χ0) is 14.6. The molecule has 0 aromatic carbocycles. The van der Waals surface area contributed by atoms with Gasteiger partial charge in [0.15, 0.2) is 5.96 Å². The summed E-state index contributed by atoms with van der Waals surface area (Å²) in [5.41, 5.74) is 1.08. The first kappa shape index (κ1) is 19.9. The fourth-order valence-electron chi connectivity index (χ4n) is 1.87. The van der Waals surface area contributed by atoms with Crippen molar-refractivity contribution in [2.24, 2.45) is 4.99 Å². The number of guanidine groups is 1. The van der Waals surface area contributed by atoms with Gasteiger partial charge in [-0.15, -0.1) is 30.6 Å². The second-order valence-corrected chi connectivity index (χ2v) is 4.66. The van der Waals surface area contributed by atoms with Crippen molar-refractivity contribution >= 4 is 29.9 Å². The molecule has 0 atom stereocenters. The van der Waals surface area contributed by atoms with E-state index < -0.39 is 0 Å². The molecule has 0 saturated heterocycles. The zero-order valence-corrected chi connectivity index (χ0v) is 15.4. The molecule has 0 radical (unpaired) electrons. The van der Waals surface area contributed by atoms with Crippen molar-refractivity contribution < 1.29 is 0 Å². The lowest BCUT2D eigenvalue weighted by molar-refractivity contribution is 0.470. The van der Waals surface area contributed by atoms with E-state index in [-0.39, 0.29) is 24.0 Å². The van der Waals surface area contributed by atoms with Gasteiger partial charge in [0.05, 0.1) is 0 Å². The van der Waals surface area contributed by atoms with Crippen LogP contribution in [0, 0.1) is 0 Å². The van der Waals surface area contributed by atoms with Crippen LogP contribution in [0.3, 0.4) is 0 Å². The number of allylic oxidation sites excluding steroid dienone is 1. The van der Waals surface area contributed by atoms with Gasteiger partial charge >= 0.3 is 0 Å². The molecular formula is C16H27IN4. The van der Waals surface area contributed by atoms with E-state index in [9.17, 15) is 0 Å². The highest BCUT2D eigenvalue weighted by atomic mass is 127. The number of hydrogen-bond acceptors (Lipinski definition) is 2. The van der Waals surface area contributed by atoms with Gasteiger partial charge in [-0.05, 0) is 31.9 Å². The Kier molecular flexibility index (Phi) is 12.0. The molecule has 1 N–H and O–H groups in total. The number of halogens is 1. The fourth-order valence-corrected chi connectivity index (χ4v) is 1.87. The number of hydrogen-bond donors (Lipinski definition) is 1. The number of nitrogens with zero attached hydrogens (tertiary/aromatic N) is 3. The highest BCUT2D eigenvalue weighted by molar-refractivity contribution is 14.0. The summed E-state index contributed by atoms with van der Waals surface area (Å²) >= 11 is 0. The monoisotopic (exact) mass is 402 g/mol. The Hall–Kier alpha value is -1.11. The van der Waals surface area contributed by atoms with Crippen molar-refractivity contribution in [3.8, 4) is 0 Å². The summed E-state index contributed by atoms with van der Waals surface area (Å²) in [5.74, 6) is 0.965. The van der Waals surface area contributed by atoms with Crippen molar-refractivity contribution in [2.45, 2.75) is 26.2 Å². The van der Waals surface area contributed by atoms with Crippen molar-refractivity contribution in [3.63, 3.8) is 0 Å². The minimum absolute atomic E-state index is 0. The van der Waals surface area contributed by atoms with Crippen molar-refractivity contribution in [2.75, 3.05) is 26.7 Å². The summed E-state index contributed by atoms with van der Waals surface area (Å²) < 4.78 is 0. The summed E-state index contributed by atoms with van der Waals surface area (Å²) in [4.78, 5) is 11.1. The van der Waals surface area contributed by atoms with Crippen LogP contribution in [-0.4, -0.2) is 42.5 Å². The SMILES string of the molecule is C=CCCCN(C)C(=NCCc1ccccn1)NCC.I. The fraction of sp³-hybridized carbons (Fsp3) is 0.500. The molecule has 0 aliphatic rings. The van der Waals surface area contributed by atoms with Crippen LogP contribution in [0.1, 0.15) is 25.5 Å². The van der Waals surface area contributed by atoms with Gasteiger partial charge < -0.3 is 10.2 Å². The number of aromatic nitrogens is 1. The third-order valence-corrected chi connectivity index (χ3v) is 2.95. The minimum atomic E-state index is 0. The van der Waals surface area contributed by atoms with Gasteiger partial charge in [-0.2, -0.15) is 0 Å². The van der Waals surface area contributed by atoms with Gasteiger partial charge in [0.25, 0.3) is 0 Å². The molecule has 0 bridgehead atoms. The highest BCUT2D eigenvalue weighted by Gasteiger charge is 2.04. The van der Waals surface area contributed by atoms with Gasteiger partial charge in [0, 0.05) is 45.0 Å². The van der Waals surface area contributed by atoms with Crippen molar-refractivity contribution in [1.82, 2.24) is 15.2 Å². The molecule has 5 heteroatoms. The first-order valence-corrected chi connectivity index (χ1v) is 7.28. The van der Waals surface area contributed by atoms with E-state index in [4.69, 9.17) is 0 Å². The molecule has 0 spiro atoms. The van der Waals surface area contributed by atoms with Gasteiger partial charge in [-0.25, -0.2) is 0 Å². The topological polar surface area (TPSA) is 40.5 Å². The summed E-state index contributed by atoms with van der Waals surface area (Å²) in [6.07, 6.45) is 6.79. The number of unbranched alkanes of at least 4 members (excludes halogenated alkanes) is 1. The Morgan fingerprint density at radius 3 is 2.90 bits per heavy atom. The quantitative estimate of drug-likeness (QED) is 0.239. The molecule has 0 saturated carbocycles. The van der Waals surface area contributed by atoms with E-state index >= 15 is 0 Å². The standard InChI is InChI=1S/C16H26N4.HI/c1-4-6-9-14-20(3)16(17-5-2)19-13-11-15-10-7-8-12-18-15;/h4,7-8,10,12H,1,5-6,9,11,13-14H2,2-3H3,(H,17,19);1H. The van der Waals surface area contributed by atoms with Gasteiger partial charge in [-0.1, -0.05) is 12.1 Å². The molecule has 1 aromatic heterocycles. The highest BCUT2D eigenvalue weighted by Crippen LogP contribution is 1.97. The molecule has 21 heavy (non-hydrogen) atoms. The summed E-state index contributed by atoms with van der Waals surface area (Å²) in [6.45, 7) is 8.47. The Morgan fingerprint density at radius 2 is 2.29 bits per heavy atom. The number of aliphatic imine (C=N–C) groups is 1. The molecule has 0 aliphatic carbocycles. The van der Waals surface area contributed by atoms with Crippen LogP contribution in [0.15, 0.2) is 42.0 Å². The van der Waals surface area contributed by atoms with Crippen molar-refractivity contribution in [3.05, 3.63) is 42.7 Å². The lowest BCUT2D eigenvalue weighted by atomic mass is 10.3. The van der Waals surface area contributed by atoms with Crippen LogP contribution in [0.25, 0.3) is 0 Å². The van der Waals surface area contributed by atoms with E-state index in [0.717, 1.165) is 50.6 Å². The predicted molar refractivity (Wildman–Crippen MR) is 101 cm³/mol. The molecule has 1 aromatic rings. The summed E-state index contributed by atoms with van der Waals surface area (Å²) in [6, 6.07) is 5.99. The molecule has 1 rings (SSSR count). The summed E-state index contributed by atoms with van der Waals surface area (Å²) in [7, 11) is 2.07. The minimum Gasteiger partial charge on any atom is -0.357 e. The first-order valence-electron chi connectivity index (χ1n) is 7.28. The molecule has 0 amide bonds. The van der Waals surface area contributed by atoms with Crippen LogP contribution < -0.4 is 5.32 Å². The maximum absolute atomic E-state index is 4.65. The maximum Gasteiger partial charge on any atom is 0.193 e. The number of nitrogens with one attached hydrogen (secondary N) is 1. The van der Waals surface area contributed by atoms with E-state index in [1.165, 1.54) is 0 Å². The third-order valence-electron chi connectivity index (χ3n) is 2.95. The number of rotatable bonds is 8. The largest absolute Gasteiger partial charge is 0.357 e. The van der Waals surface area contributed by atoms with Gasteiger partial charge in [0.2, 0.25) is 0 Å². The average Bonchev–Trinajstić information content (AvgIpc) is 2.47. The lowest BCUT2D eigenvalue weighted by Gasteiger charge is -2.21. The van der Waals surface area contributed by atoms with Crippen LogP contribution in [0.5, 0.6) is 0 Å². The molecule has 0 aliphatic heterocycles. The second kappa shape index (κ2) is 12.6. The second-order valence-electron chi connectivity index (χ2n) is 4.66. The normalized spacial score (nSPS) is 10.7. The Balaban J connectivity index is 0.00000400. The van der Waals surface area contributed by atoms with Crippen LogP contribution in [0.4, 0.5) is 0 Å². The molecule has 0 fully saturated rings. The predicted octanol–water partition coefficient (Wildman–Crippen LogP) is 3.11. The average molecular weight is 402 g/mol. The molecule has 118 valence electrons. The van der Waals surface area contributed by atoms with Crippen LogP contribution >= 0.6 is 24.0 Å². The molecule has 1 heterocycles. The third kappa shape index (κ3) is 8.70. The number of pyridine rings is 1. The molecular weight excluding hydrogens is 375 g/mol. The van der Waals surface area contributed by atoms with Gasteiger partial charge in [0.1, 0.15) is 0 Å². The van der Waals surface area contributed by atoms with E-state index in [1.54, 1.807) is 0 Å². The van der Waals surface area contributed by atoms with Crippen molar-refractivity contribution in [1.29, 1.82) is 0 Å². The summed E-state index contributed by atoms with van der Waals surface area (Å²) in [5, 5.41) is 3.33. The van der Waals surface area contributed by atoms with E-state index in [1.807, 2.05) is 30.5 Å². The Labute approximate surface area is 145 Å². The Morgan fingerprint density at radius 1 is 1.48 bits per heavy atom. The first-order chi connectivity index (χ1) is 9.77. The Bertz CT molecular complexity index is 406. The molecule has 0 unspecified atom stereocenters. The van der Waals surface area contributed by atoms with E-state index in [0.29, 0.717) is 0 Å². The maximum atomic E-state index is 4.65. The van der Waals surface area contributed by atoms with Crippen LogP contribution in [-0.2, 0) is 6.42 Å². The van der Waals surface area contributed by atoms with Crippen LogP contribution in [0.2, 0.25) is 0 Å².